The Kier molecular flexibility index (Phi) is 7.65. The predicted molar refractivity (Wildman–Crippen MR) is 144 cm³/mol. The van der Waals surface area contributed by atoms with Crippen LogP contribution in [-0.2, 0) is 17.4 Å². The molecule has 38 heavy (non-hydrogen) atoms. The van der Waals surface area contributed by atoms with E-state index in [1.807, 2.05) is 6.07 Å². The van der Waals surface area contributed by atoms with E-state index in [0.29, 0.717) is 70.7 Å². The molecule has 0 bridgehead atoms. The van der Waals surface area contributed by atoms with Gasteiger partial charge in [0.25, 0.3) is 5.56 Å². The van der Waals surface area contributed by atoms with Crippen molar-refractivity contribution in [1.82, 2.24) is 4.57 Å². The molecule has 1 saturated carbocycles. The number of aryl methyl sites for hydroxylation is 3. The number of benzene rings is 2. The van der Waals surface area contributed by atoms with E-state index in [1.54, 1.807) is 53.1 Å². The molecule has 1 amide bonds. The molecule has 2 aromatic carbocycles. The molecule has 1 aliphatic carbocycles. The van der Waals surface area contributed by atoms with Crippen LogP contribution in [0.1, 0.15) is 56.2 Å². The maximum Gasteiger partial charge on any atom is 0.254 e. The Hall–Kier alpha value is -3.65. The number of ether oxygens (including phenoxy) is 2. The standard InChI is InChI=1S/C30H35FN2O5/c1-17-12-21(31)13-18(2)28(17)38-25-11-8-20(30(3,4)36)14-23(25)24-16-33(5)27(34)15-26(24)37-22-9-6-19(7-10-22)29(32)35/h8,11-16,19,22,36H,6-7,9-10H2,1-5H3,(H2,32,35). The molecule has 0 aliphatic heterocycles. The Balaban J connectivity index is 1.81. The fourth-order valence-corrected chi connectivity index (χ4v) is 4.94. The molecule has 1 aromatic heterocycles. The van der Waals surface area contributed by atoms with Crippen molar-refractivity contribution in [3.8, 4) is 28.4 Å². The van der Waals surface area contributed by atoms with Crippen molar-refractivity contribution in [3.05, 3.63) is 75.5 Å². The Morgan fingerprint density at radius 1 is 1.03 bits per heavy atom. The van der Waals surface area contributed by atoms with Crippen LogP contribution >= 0.6 is 0 Å². The summed E-state index contributed by atoms with van der Waals surface area (Å²) in [4.78, 5) is 24.2. The van der Waals surface area contributed by atoms with Crippen molar-refractivity contribution in [2.45, 2.75) is 65.1 Å². The molecule has 0 spiro atoms. The lowest BCUT2D eigenvalue weighted by Crippen LogP contribution is -2.32. The molecule has 1 fully saturated rings. The van der Waals surface area contributed by atoms with Gasteiger partial charge in [0.05, 0.1) is 11.7 Å². The number of rotatable bonds is 7. The Morgan fingerprint density at radius 2 is 1.66 bits per heavy atom. The van der Waals surface area contributed by atoms with E-state index < -0.39 is 5.60 Å². The number of pyridine rings is 1. The number of aromatic nitrogens is 1. The Labute approximate surface area is 222 Å². The second kappa shape index (κ2) is 10.6. The van der Waals surface area contributed by atoms with Crippen molar-refractivity contribution in [2.24, 2.45) is 18.7 Å². The quantitative estimate of drug-likeness (QED) is 0.441. The highest BCUT2D eigenvalue weighted by Crippen LogP contribution is 2.42. The van der Waals surface area contributed by atoms with Gasteiger partial charge in [-0.3, -0.25) is 9.59 Å². The summed E-state index contributed by atoms with van der Waals surface area (Å²) in [5, 5.41) is 10.8. The zero-order valence-electron chi connectivity index (χ0n) is 22.5. The second-order valence-electron chi connectivity index (χ2n) is 10.7. The van der Waals surface area contributed by atoms with Crippen LogP contribution in [0.5, 0.6) is 17.2 Å². The Bertz CT molecular complexity index is 1390. The fourth-order valence-electron chi connectivity index (χ4n) is 4.94. The lowest BCUT2D eigenvalue weighted by molar-refractivity contribution is -0.123. The van der Waals surface area contributed by atoms with Crippen molar-refractivity contribution in [3.63, 3.8) is 0 Å². The third-order valence-corrected chi connectivity index (χ3v) is 7.17. The molecule has 7 nitrogen and oxygen atoms in total. The van der Waals surface area contributed by atoms with Gasteiger partial charge in [-0.05, 0) is 94.3 Å². The molecular weight excluding hydrogens is 487 g/mol. The number of amides is 1. The zero-order chi connectivity index (χ0) is 27.8. The molecule has 3 N–H and O–H groups in total. The molecule has 1 aliphatic rings. The highest BCUT2D eigenvalue weighted by Gasteiger charge is 2.28. The van der Waals surface area contributed by atoms with Crippen LogP contribution in [0, 0.1) is 25.6 Å². The second-order valence-corrected chi connectivity index (χ2v) is 10.7. The van der Waals surface area contributed by atoms with Crippen molar-refractivity contribution >= 4 is 5.91 Å². The fraction of sp³-hybridized carbons (Fsp3) is 0.400. The first-order valence-electron chi connectivity index (χ1n) is 12.8. The monoisotopic (exact) mass is 522 g/mol. The highest BCUT2D eigenvalue weighted by molar-refractivity contribution is 5.77. The normalized spacial score (nSPS) is 17.8. The SMILES string of the molecule is Cc1cc(F)cc(C)c1Oc1ccc(C(C)(C)O)cc1-c1cn(C)c(=O)cc1OC1CCC(C(N)=O)CC1. The topological polar surface area (TPSA) is 104 Å². The maximum atomic E-state index is 13.9. The number of nitrogens with zero attached hydrogens (tertiary/aromatic N) is 1. The van der Waals surface area contributed by atoms with E-state index in [9.17, 15) is 19.1 Å². The van der Waals surface area contributed by atoms with Crippen LogP contribution in [0.3, 0.4) is 0 Å². The molecule has 4 rings (SSSR count). The minimum Gasteiger partial charge on any atom is -0.490 e. The number of primary amides is 1. The van der Waals surface area contributed by atoms with E-state index >= 15 is 0 Å². The minimum atomic E-state index is -1.14. The van der Waals surface area contributed by atoms with Gasteiger partial charge < -0.3 is 24.9 Å². The van der Waals surface area contributed by atoms with Gasteiger partial charge in [-0.2, -0.15) is 0 Å². The molecule has 0 radical (unpaired) electrons. The number of carbonyl (C=O) groups is 1. The number of hydrogen-bond donors (Lipinski definition) is 2. The summed E-state index contributed by atoms with van der Waals surface area (Å²) in [6.07, 6.45) is 4.05. The summed E-state index contributed by atoms with van der Waals surface area (Å²) >= 11 is 0. The molecule has 0 unspecified atom stereocenters. The van der Waals surface area contributed by atoms with Crippen LogP contribution in [0.4, 0.5) is 4.39 Å². The summed E-state index contributed by atoms with van der Waals surface area (Å²) in [7, 11) is 1.66. The van der Waals surface area contributed by atoms with Crippen LogP contribution < -0.4 is 20.8 Å². The summed E-state index contributed by atoms with van der Waals surface area (Å²) in [6, 6.07) is 9.63. The first-order valence-corrected chi connectivity index (χ1v) is 12.8. The predicted octanol–water partition coefficient (Wildman–Crippen LogP) is 5.25. The zero-order valence-corrected chi connectivity index (χ0v) is 22.5. The molecule has 202 valence electrons. The Morgan fingerprint density at radius 3 is 2.24 bits per heavy atom. The minimum absolute atomic E-state index is 0.163. The molecule has 0 atom stereocenters. The first-order chi connectivity index (χ1) is 17.8. The smallest absolute Gasteiger partial charge is 0.254 e. The van der Waals surface area contributed by atoms with Gasteiger partial charge in [0.15, 0.2) is 0 Å². The largest absolute Gasteiger partial charge is 0.490 e. The number of halogens is 1. The first kappa shape index (κ1) is 27.4. The van der Waals surface area contributed by atoms with Crippen molar-refractivity contribution < 1.29 is 23.8 Å². The van der Waals surface area contributed by atoms with Gasteiger partial charge in [-0.1, -0.05) is 6.07 Å². The molecule has 3 aromatic rings. The van der Waals surface area contributed by atoms with Gasteiger partial charge in [0.2, 0.25) is 5.91 Å². The van der Waals surface area contributed by atoms with Crippen LogP contribution in [0.15, 0.2) is 47.4 Å². The summed E-state index contributed by atoms with van der Waals surface area (Å²) < 4.78 is 28.1. The van der Waals surface area contributed by atoms with Crippen LogP contribution in [0.2, 0.25) is 0 Å². The van der Waals surface area contributed by atoms with Crippen LogP contribution in [-0.4, -0.2) is 21.7 Å². The van der Waals surface area contributed by atoms with Crippen molar-refractivity contribution in [1.29, 1.82) is 0 Å². The van der Waals surface area contributed by atoms with Gasteiger partial charge in [0, 0.05) is 36.4 Å². The average molecular weight is 523 g/mol. The number of nitrogens with two attached hydrogens (primary N) is 1. The molecule has 1 heterocycles. The lowest BCUT2D eigenvalue weighted by Gasteiger charge is -2.28. The highest BCUT2D eigenvalue weighted by atomic mass is 19.1. The maximum absolute atomic E-state index is 13.9. The molecule has 0 saturated heterocycles. The van der Waals surface area contributed by atoms with E-state index in [4.69, 9.17) is 15.2 Å². The van der Waals surface area contributed by atoms with Gasteiger partial charge in [-0.25, -0.2) is 4.39 Å². The number of hydrogen-bond acceptors (Lipinski definition) is 5. The van der Waals surface area contributed by atoms with E-state index in [-0.39, 0.29) is 29.3 Å². The summed E-state index contributed by atoms with van der Waals surface area (Å²) in [5.74, 6) is 0.584. The van der Waals surface area contributed by atoms with E-state index in [1.165, 1.54) is 22.8 Å². The van der Waals surface area contributed by atoms with Gasteiger partial charge in [-0.15, -0.1) is 0 Å². The van der Waals surface area contributed by atoms with E-state index in [2.05, 4.69) is 0 Å². The average Bonchev–Trinajstić information content (AvgIpc) is 2.83. The third-order valence-electron chi connectivity index (χ3n) is 7.17. The van der Waals surface area contributed by atoms with E-state index in [0.717, 1.165) is 0 Å². The number of aliphatic hydroxyl groups is 1. The van der Waals surface area contributed by atoms with Crippen LogP contribution in [0.25, 0.3) is 11.1 Å². The van der Waals surface area contributed by atoms with Gasteiger partial charge in [0.1, 0.15) is 23.1 Å². The molecule has 8 heteroatoms. The summed E-state index contributed by atoms with van der Waals surface area (Å²) in [5.41, 5.74) is 7.27. The van der Waals surface area contributed by atoms with Gasteiger partial charge >= 0.3 is 0 Å². The van der Waals surface area contributed by atoms with Crippen molar-refractivity contribution in [2.75, 3.05) is 0 Å². The molecular formula is C30H35FN2O5. The number of carbonyl (C=O) groups excluding carboxylic acids is 1. The third kappa shape index (κ3) is 5.91. The lowest BCUT2D eigenvalue weighted by atomic mass is 9.87. The summed E-state index contributed by atoms with van der Waals surface area (Å²) in [6.45, 7) is 6.94.